The summed E-state index contributed by atoms with van der Waals surface area (Å²) in [7, 11) is 0. The molecule has 8 heteroatoms. The molecule has 0 atom stereocenters. The van der Waals surface area contributed by atoms with Gasteiger partial charge in [0.05, 0.1) is 12.8 Å². The van der Waals surface area contributed by atoms with Crippen molar-refractivity contribution < 1.29 is 9.84 Å². The highest BCUT2D eigenvalue weighted by atomic mass is 32.1. The number of aromatic amines is 1. The molecule has 7 nitrogen and oxygen atoms in total. The first-order valence-corrected chi connectivity index (χ1v) is 8.07. The molecule has 0 aliphatic heterocycles. The first kappa shape index (κ1) is 16.7. The highest BCUT2D eigenvalue weighted by molar-refractivity contribution is 7.71. The SMILES string of the molecule is CCOc1ccc(-c2n[nH]c(=S)n2NN=Cc2cccc(O)c2)cc1. The third kappa shape index (κ3) is 4.04. The number of aromatic nitrogens is 3. The van der Waals surface area contributed by atoms with E-state index < -0.39 is 0 Å². The first-order valence-electron chi connectivity index (χ1n) is 7.66. The maximum absolute atomic E-state index is 9.46. The highest BCUT2D eigenvalue weighted by Gasteiger charge is 2.08. The molecule has 3 rings (SSSR count). The molecule has 0 bridgehead atoms. The summed E-state index contributed by atoms with van der Waals surface area (Å²) in [5.41, 5.74) is 4.46. The van der Waals surface area contributed by atoms with Gasteiger partial charge in [0.25, 0.3) is 0 Å². The first-order chi connectivity index (χ1) is 12.2. The van der Waals surface area contributed by atoms with E-state index in [1.807, 2.05) is 37.3 Å². The molecule has 25 heavy (non-hydrogen) atoms. The Morgan fingerprint density at radius 3 is 2.84 bits per heavy atom. The lowest BCUT2D eigenvalue weighted by Crippen LogP contribution is -2.10. The number of benzene rings is 2. The van der Waals surface area contributed by atoms with Crippen LogP contribution in [0.5, 0.6) is 11.5 Å². The second-order valence-electron chi connectivity index (χ2n) is 5.10. The van der Waals surface area contributed by atoms with Crippen molar-refractivity contribution in [2.45, 2.75) is 6.92 Å². The summed E-state index contributed by atoms with van der Waals surface area (Å²) >= 11 is 5.23. The highest BCUT2D eigenvalue weighted by Crippen LogP contribution is 2.20. The number of aromatic hydroxyl groups is 1. The number of nitrogens with one attached hydrogen (secondary N) is 2. The van der Waals surface area contributed by atoms with Gasteiger partial charge >= 0.3 is 0 Å². The van der Waals surface area contributed by atoms with E-state index in [1.165, 1.54) is 0 Å². The lowest BCUT2D eigenvalue weighted by atomic mass is 10.2. The second-order valence-corrected chi connectivity index (χ2v) is 5.49. The van der Waals surface area contributed by atoms with Crippen molar-refractivity contribution in [3.05, 3.63) is 58.9 Å². The van der Waals surface area contributed by atoms with Gasteiger partial charge in [0.2, 0.25) is 4.77 Å². The van der Waals surface area contributed by atoms with Crippen molar-refractivity contribution in [3.63, 3.8) is 0 Å². The fourth-order valence-corrected chi connectivity index (χ4v) is 2.39. The minimum Gasteiger partial charge on any atom is -0.508 e. The molecule has 0 fully saturated rings. The normalized spacial score (nSPS) is 10.9. The van der Waals surface area contributed by atoms with E-state index >= 15 is 0 Å². The molecule has 0 aliphatic carbocycles. The lowest BCUT2D eigenvalue weighted by molar-refractivity contribution is 0.340. The molecule has 3 N–H and O–H groups in total. The van der Waals surface area contributed by atoms with Gasteiger partial charge in [-0.15, -0.1) is 0 Å². The predicted molar refractivity (Wildman–Crippen MR) is 99.1 cm³/mol. The van der Waals surface area contributed by atoms with Gasteiger partial charge < -0.3 is 9.84 Å². The number of hydrogen-bond acceptors (Lipinski definition) is 6. The Morgan fingerprint density at radius 2 is 2.12 bits per heavy atom. The summed E-state index contributed by atoms with van der Waals surface area (Å²) in [6, 6.07) is 14.3. The summed E-state index contributed by atoms with van der Waals surface area (Å²) in [4.78, 5) is 0. The van der Waals surface area contributed by atoms with Gasteiger partial charge in [-0.2, -0.15) is 14.9 Å². The average Bonchev–Trinajstić information content (AvgIpc) is 2.97. The van der Waals surface area contributed by atoms with Gasteiger partial charge in [0.15, 0.2) is 5.82 Å². The van der Waals surface area contributed by atoms with Gasteiger partial charge in [-0.05, 0) is 61.1 Å². The van der Waals surface area contributed by atoms with Crippen LogP contribution in [0.3, 0.4) is 0 Å². The zero-order valence-corrected chi connectivity index (χ0v) is 14.3. The minimum atomic E-state index is 0.180. The monoisotopic (exact) mass is 355 g/mol. The summed E-state index contributed by atoms with van der Waals surface area (Å²) in [6.45, 7) is 2.55. The molecular formula is C17H17N5O2S. The Morgan fingerprint density at radius 1 is 1.32 bits per heavy atom. The largest absolute Gasteiger partial charge is 0.508 e. The third-order valence-corrected chi connectivity index (χ3v) is 3.61. The molecular weight excluding hydrogens is 338 g/mol. The summed E-state index contributed by atoms with van der Waals surface area (Å²) in [6.07, 6.45) is 1.58. The van der Waals surface area contributed by atoms with E-state index in [2.05, 4.69) is 20.8 Å². The minimum absolute atomic E-state index is 0.180. The van der Waals surface area contributed by atoms with Crippen molar-refractivity contribution in [1.29, 1.82) is 0 Å². The Kier molecular flexibility index (Phi) is 5.10. The standard InChI is InChI=1S/C17H17N5O2S/c1-2-24-15-8-6-13(7-9-15)16-19-20-17(25)22(16)21-18-11-12-4-3-5-14(23)10-12/h3-11,21,23H,2H2,1H3,(H,20,25). The average molecular weight is 355 g/mol. The van der Waals surface area contributed by atoms with Crippen LogP contribution in [0.25, 0.3) is 11.4 Å². The number of H-pyrrole nitrogens is 1. The topological polar surface area (TPSA) is 87.5 Å². The van der Waals surface area contributed by atoms with E-state index in [-0.39, 0.29) is 5.75 Å². The quantitative estimate of drug-likeness (QED) is 0.359. The molecule has 0 aliphatic rings. The van der Waals surface area contributed by atoms with Crippen molar-refractivity contribution in [1.82, 2.24) is 14.9 Å². The maximum atomic E-state index is 9.46. The molecule has 0 unspecified atom stereocenters. The fourth-order valence-electron chi connectivity index (χ4n) is 2.22. The van der Waals surface area contributed by atoms with E-state index in [9.17, 15) is 5.11 Å². The van der Waals surface area contributed by atoms with Gasteiger partial charge in [-0.25, -0.2) is 10.6 Å². The van der Waals surface area contributed by atoms with E-state index in [0.717, 1.165) is 16.9 Å². The van der Waals surface area contributed by atoms with Gasteiger partial charge in [-0.3, -0.25) is 0 Å². The zero-order chi connectivity index (χ0) is 17.6. The van der Waals surface area contributed by atoms with Gasteiger partial charge in [0.1, 0.15) is 11.5 Å². The molecule has 0 saturated carbocycles. The number of rotatable bonds is 6. The van der Waals surface area contributed by atoms with Crippen molar-refractivity contribution in [3.8, 4) is 22.9 Å². The molecule has 128 valence electrons. The summed E-state index contributed by atoms with van der Waals surface area (Å²) in [5.74, 6) is 1.57. The Bertz CT molecular complexity index is 931. The van der Waals surface area contributed by atoms with Crippen LogP contribution >= 0.6 is 12.2 Å². The number of hydrazone groups is 1. The molecule has 0 saturated heterocycles. The Labute approximate surface area is 149 Å². The fraction of sp³-hybridized carbons (Fsp3) is 0.118. The third-order valence-electron chi connectivity index (χ3n) is 3.34. The van der Waals surface area contributed by atoms with E-state index in [1.54, 1.807) is 29.1 Å². The van der Waals surface area contributed by atoms with Crippen LogP contribution in [-0.4, -0.2) is 32.8 Å². The van der Waals surface area contributed by atoms with Crippen LogP contribution in [0, 0.1) is 4.77 Å². The Hall–Kier alpha value is -3.13. The van der Waals surface area contributed by atoms with Crippen molar-refractivity contribution >= 4 is 18.4 Å². The van der Waals surface area contributed by atoms with Gasteiger partial charge in [-0.1, -0.05) is 12.1 Å². The van der Waals surface area contributed by atoms with Crippen molar-refractivity contribution in [2.75, 3.05) is 12.1 Å². The zero-order valence-electron chi connectivity index (χ0n) is 13.5. The van der Waals surface area contributed by atoms with Gasteiger partial charge in [0, 0.05) is 5.56 Å². The number of ether oxygens (including phenoxy) is 1. The van der Waals surface area contributed by atoms with Crippen LogP contribution in [0.2, 0.25) is 0 Å². The maximum Gasteiger partial charge on any atom is 0.216 e. The Balaban J connectivity index is 1.81. The van der Waals surface area contributed by atoms with E-state index in [4.69, 9.17) is 17.0 Å². The smallest absolute Gasteiger partial charge is 0.216 e. The molecule has 0 amide bonds. The molecule has 3 aromatic rings. The van der Waals surface area contributed by atoms with Crippen molar-refractivity contribution in [2.24, 2.45) is 5.10 Å². The number of nitrogens with zero attached hydrogens (tertiary/aromatic N) is 3. The van der Waals surface area contributed by atoms with Crippen LogP contribution in [0.15, 0.2) is 53.6 Å². The number of phenolic OH excluding ortho intramolecular Hbond substituents is 1. The predicted octanol–water partition coefficient (Wildman–Crippen LogP) is 3.29. The second kappa shape index (κ2) is 7.63. The molecule has 1 heterocycles. The van der Waals surface area contributed by atoms with Crippen LogP contribution in [0.1, 0.15) is 12.5 Å². The van der Waals surface area contributed by atoms with E-state index in [0.29, 0.717) is 17.2 Å². The summed E-state index contributed by atoms with van der Waals surface area (Å²) < 4.78 is 7.39. The molecule has 1 aromatic heterocycles. The molecule has 0 radical (unpaired) electrons. The summed E-state index contributed by atoms with van der Waals surface area (Å²) in [5, 5.41) is 20.6. The van der Waals surface area contributed by atoms with Crippen LogP contribution in [0.4, 0.5) is 0 Å². The van der Waals surface area contributed by atoms with Crippen LogP contribution in [-0.2, 0) is 0 Å². The van der Waals surface area contributed by atoms with Crippen LogP contribution < -0.4 is 10.3 Å². The number of phenols is 1. The molecule has 2 aromatic carbocycles. The number of hydrogen-bond donors (Lipinski definition) is 3. The lowest BCUT2D eigenvalue weighted by Gasteiger charge is -2.07. The molecule has 0 spiro atoms.